The van der Waals surface area contributed by atoms with E-state index >= 15 is 0 Å². The molecule has 4 heteroatoms. The van der Waals surface area contributed by atoms with Crippen molar-refractivity contribution in [3.8, 4) is 0 Å². The van der Waals surface area contributed by atoms with Crippen LogP contribution < -0.4 is 11.1 Å². The van der Waals surface area contributed by atoms with Gasteiger partial charge in [0.05, 0.1) is 12.7 Å². The number of rotatable bonds is 3. The van der Waals surface area contributed by atoms with Gasteiger partial charge in [0, 0.05) is 17.9 Å². The molecule has 1 aromatic carbocycles. The van der Waals surface area contributed by atoms with Crippen LogP contribution >= 0.6 is 0 Å². The van der Waals surface area contributed by atoms with Crippen LogP contribution in [0.3, 0.4) is 0 Å². The summed E-state index contributed by atoms with van der Waals surface area (Å²) in [5.74, 6) is -0.381. The van der Waals surface area contributed by atoms with Crippen LogP contribution in [0.15, 0.2) is 18.2 Å². The summed E-state index contributed by atoms with van der Waals surface area (Å²) in [7, 11) is 1.35. The zero-order valence-electron chi connectivity index (χ0n) is 8.33. The first-order chi connectivity index (χ1) is 6.69. The molecule has 0 aliphatic heterocycles. The largest absolute Gasteiger partial charge is 0.465 e. The molecule has 0 aliphatic rings. The fraction of sp³-hybridized carbons (Fsp3) is 0.300. The quantitative estimate of drug-likeness (QED) is 0.565. The maximum absolute atomic E-state index is 11.3. The fourth-order valence-electron chi connectivity index (χ4n) is 1.19. The molecule has 0 spiro atoms. The number of nitrogens with one attached hydrogen (secondary N) is 1. The van der Waals surface area contributed by atoms with Crippen LogP contribution in [0.5, 0.6) is 0 Å². The summed E-state index contributed by atoms with van der Waals surface area (Å²) in [5.41, 5.74) is 7.34. The fourth-order valence-corrected chi connectivity index (χ4v) is 1.19. The lowest BCUT2D eigenvalue weighted by molar-refractivity contribution is 0.0602. The number of carbonyl (C=O) groups excluding carboxylic acids is 1. The average molecular weight is 194 g/mol. The normalized spacial score (nSPS) is 9.57. The Morgan fingerprint density at radius 2 is 2.29 bits per heavy atom. The Kier molecular flexibility index (Phi) is 3.34. The first kappa shape index (κ1) is 10.4. The summed E-state index contributed by atoms with van der Waals surface area (Å²) in [6.07, 6.45) is 0. The van der Waals surface area contributed by atoms with Crippen molar-refractivity contribution in [2.75, 3.05) is 24.7 Å². The van der Waals surface area contributed by atoms with E-state index in [4.69, 9.17) is 5.73 Å². The Balaban J connectivity index is 3.08. The summed E-state index contributed by atoms with van der Waals surface area (Å²) in [6, 6.07) is 5.11. The number of nitrogen functional groups attached to an aromatic ring is 1. The van der Waals surface area contributed by atoms with Crippen LogP contribution in [0.25, 0.3) is 0 Å². The standard InChI is InChI=1S/C10H14N2O2/c1-3-12-9-5-4-7(11)6-8(9)10(13)14-2/h4-6,12H,3,11H2,1-2H3. The van der Waals surface area contributed by atoms with Gasteiger partial charge in [-0.2, -0.15) is 0 Å². The molecule has 0 bridgehead atoms. The van der Waals surface area contributed by atoms with E-state index in [2.05, 4.69) is 10.1 Å². The van der Waals surface area contributed by atoms with E-state index in [1.165, 1.54) is 7.11 Å². The number of hydrogen-bond acceptors (Lipinski definition) is 4. The monoisotopic (exact) mass is 194 g/mol. The second-order valence-electron chi connectivity index (χ2n) is 2.83. The number of ether oxygens (including phenoxy) is 1. The molecule has 76 valence electrons. The molecule has 0 atom stereocenters. The minimum Gasteiger partial charge on any atom is -0.465 e. The predicted octanol–water partition coefficient (Wildman–Crippen LogP) is 1.49. The third-order valence-corrected chi connectivity index (χ3v) is 1.82. The Labute approximate surface area is 83.1 Å². The number of hydrogen-bond donors (Lipinski definition) is 2. The predicted molar refractivity (Wildman–Crippen MR) is 56.4 cm³/mol. The number of anilines is 2. The van der Waals surface area contributed by atoms with E-state index < -0.39 is 0 Å². The third-order valence-electron chi connectivity index (χ3n) is 1.82. The van der Waals surface area contributed by atoms with Crippen LogP contribution in [-0.2, 0) is 4.74 Å². The number of benzene rings is 1. The molecule has 1 rings (SSSR count). The molecule has 0 radical (unpaired) electrons. The van der Waals surface area contributed by atoms with Gasteiger partial charge in [-0.05, 0) is 25.1 Å². The second kappa shape index (κ2) is 4.50. The molecular formula is C10H14N2O2. The molecule has 14 heavy (non-hydrogen) atoms. The molecule has 3 N–H and O–H groups in total. The van der Waals surface area contributed by atoms with Crippen LogP contribution in [0.1, 0.15) is 17.3 Å². The van der Waals surface area contributed by atoms with E-state index in [0.717, 1.165) is 12.2 Å². The van der Waals surface area contributed by atoms with Crippen LogP contribution in [-0.4, -0.2) is 19.6 Å². The summed E-state index contributed by atoms with van der Waals surface area (Å²) >= 11 is 0. The van der Waals surface area contributed by atoms with Crippen molar-refractivity contribution >= 4 is 17.3 Å². The van der Waals surface area contributed by atoms with Gasteiger partial charge in [-0.3, -0.25) is 0 Å². The Bertz CT molecular complexity index is 337. The highest BCUT2D eigenvalue weighted by atomic mass is 16.5. The van der Waals surface area contributed by atoms with Gasteiger partial charge in [-0.1, -0.05) is 0 Å². The molecule has 0 aliphatic carbocycles. The smallest absolute Gasteiger partial charge is 0.340 e. The minimum absolute atomic E-state index is 0.381. The van der Waals surface area contributed by atoms with Crippen molar-refractivity contribution in [1.82, 2.24) is 0 Å². The van der Waals surface area contributed by atoms with Gasteiger partial charge < -0.3 is 15.8 Å². The van der Waals surface area contributed by atoms with Crippen LogP contribution in [0, 0.1) is 0 Å². The maximum atomic E-state index is 11.3. The molecule has 1 aromatic rings. The summed E-state index contributed by atoms with van der Waals surface area (Å²) < 4.78 is 4.64. The highest BCUT2D eigenvalue weighted by Crippen LogP contribution is 2.19. The van der Waals surface area contributed by atoms with Crippen molar-refractivity contribution in [2.24, 2.45) is 0 Å². The SMILES string of the molecule is CCNc1ccc(N)cc1C(=O)OC. The van der Waals surface area contributed by atoms with Gasteiger partial charge in [-0.15, -0.1) is 0 Å². The lowest BCUT2D eigenvalue weighted by atomic mass is 10.1. The van der Waals surface area contributed by atoms with Gasteiger partial charge in [0.1, 0.15) is 0 Å². The molecule has 0 saturated heterocycles. The molecule has 0 heterocycles. The van der Waals surface area contributed by atoms with E-state index in [1.54, 1.807) is 18.2 Å². The van der Waals surface area contributed by atoms with Crippen molar-refractivity contribution in [2.45, 2.75) is 6.92 Å². The molecule has 0 saturated carbocycles. The second-order valence-corrected chi connectivity index (χ2v) is 2.83. The molecule has 0 unspecified atom stereocenters. The number of carbonyl (C=O) groups is 1. The number of nitrogens with two attached hydrogens (primary N) is 1. The third kappa shape index (κ3) is 2.16. The lowest BCUT2D eigenvalue weighted by Gasteiger charge is -2.09. The number of esters is 1. The van der Waals surface area contributed by atoms with E-state index in [-0.39, 0.29) is 5.97 Å². The molecule has 0 fully saturated rings. The average Bonchev–Trinajstić information content (AvgIpc) is 2.20. The van der Waals surface area contributed by atoms with Crippen LogP contribution in [0.4, 0.5) is 11.4 Å². The number of methoxy groups -OCH3 is 1. The Morgan fingerprint density at radius 3 is 2.86 bits per heavy atom. The lowest BCUT2D eigenvalue weighted by Crippen LogP contribution is -2.08. The minimum atomic E-state index is -0.381. The summed E-state index contributed by atoms with van der Waals surface area (Å²) in [6.45, 7) is 2.70. The van der Waals surface area contributed by atoms with Crippen molar-refractivity contribution < 1.29 is 9.53 Å². The summed E-state index contributed by atoms with van der Waals surface area (Å²) in [5, 5.41) is 3.06. The van der Waals surface area contributed by atoms with Gasteiger partial charge in [-0.25, -0.2) is 4.79 Å². The first-order valence-corrected chi connectivity index (χ1v) is 4.40. The van der Waals surface area contributed by atoms with Crippen molar-refractivity contribution in [3.63, 3.8) is 0 Å². The zero-order valence-corrected chi connectivity index (χ0v) is 8.33. The van der Waals surface area contributed by atoms with Gasteiger partial charge in [0.25, 0.3) is 0 Å². The molecule has 0 aromatic heterocycles. The van der Waals surface area contributed by atoms with Crippen LogP contribution in [0.2, 0.25) is 0 Å². The Morgan fingerprint density at radius 1 is 1.57 bits per heavy atom. The van der Waals surface area contributed by atoms with Gasteiger partial charge in [0.15, 0.2) is 0 Å². The van der Waals surface area contributed by atoms with E-state index in [9.17, 15) is 4.79 Å². The summed E-state index contributed by atoms with van der Waals surface area (Å²) in [4.78, 5) is 11.3. The zero-order chi connectivity index (χ0) is 10.6. The highest BCUT2D eigenvalue weighted by molar-refractivity contribution is 5.96. The molecule has 0 amide bonds. The topological polar surface area (TPSA) is 64.3 Å². The molecule has 4 nitrogen and oxygen atoms in total. The Hall–Kier alpha value is -1.71. The van der Waals surface area contributed by atoms with E-state index in [1.807, 2.05) is 6.92 Å². The first-order valence-electron chi connectivity index (χ1n) is 4.40. The van der Waals surface area contributed by atoms with Crippen molar-refractivity contribution in [3.05, 3.63) is 23.8 Å². The van der Waals surface area contributed by atoms with E-state index in [0.29, 0.717) is 11.3 Å². The highest BCUT2D eigenvalue weighted by Gasteiger charge is 2.11. The van der Waals surface area contributed by atoms with Crippen molar-refractivity contribution in [1.29, 1.82) is 0 Å². The van der Waals surface area contributed by atoms with Gasteiger partial charge in [0.2, 0.25) is 0 Å². The van der Waals surface area contributed by atoms with Gasteiger partial charge >= 0.3 is 5.97 Å². The molecular weight excluding hydrogens is 180 g/mol. The maximum Gasteiger partial charge on any atom is 0.340 e.